The van der Waals surface area contributed by atoms with Crippen LogP contribution in [-0.2, 0) is 10.1 Å². The van der Waals surface area contributed by atoms with E-state index >= 15 is 0 Å². The zero-order valence-electron chi connectivity index (χ0n) is 7.90. The Hall–Kier alpha value is -1.27. The fraction of sp³-hybridized carbons (Fsp3) is 0.250. The largest absolute Gasteiger partial charge is 0.398 e. The SMILES string of the molecule is Cc1cc(N)c(S(=O)(=O)O)c(C)c1N. The van der Waals surface area contributed by atoms with E-state index in [1.165, 1.54) is 13.0 Å². The van der Waals surface area contributed by atoms with E-state index in [0.717, 1.165) is 0 Å². The molecule has 0 atom stereocenters. The van der Waals surface area contributed by atoms with E-state index in [-0.39, 0.29) is 16.1 Å². The number of hydrogen-bond donors (Lipinski definition) is 3. The van der Waals surface area contributed by atoms with Gasteiger partial charge in [0.1, 0.15) is 4.90 Å². The lowest BCUT2D eigenvalue weighted by Crippen LogP contribution is -2.08. The lowest BCUT2D eigenvalue weighted by molar-refractivity contribution is 0.483. The molecule has 0 amide bonds. The first-order valence-corrected chi connectivity index (χ1v) is 5.31. The molecule has 0 radical (unpaired) electrons. The Labute approximate surface area is 82.5 Å². The maximum atomic E-state index is 11.0. The van der Waals surface area contributed by atoms with Gasteiger partial charge >= 0.3 is 0 Å². The number of anilines is 2. The first kappa shape index (κ1) is 10.8. The van der Waals surface area contributed by atoms with Crippen LogP contribution in [0.3, 0.4) is 0 Å². The first-order valence-electron chi connectivity index (χ1n) is 3.87. The predicted octanol–water partition coefficient (Wildman–Crippen LogP) is 0.715. The predicted molar refractivity (Wildman–Crippen MR) is 54.6 cm³/mol. The van der Waals surface area contributed by atoms with Crippen LogP contribution in [0.25, 0.3) is 0 Å². The van der Waals surface area contributed by atoms with Gasteiger partial charge in [-0.05, 0) is 31.0 Å². The van der Waals surface area contributed by atoms with Crippen LogP contribution in [0.15, 0.2) is 11.0 Å². The molecule has 5 nitrogen and oxygen atoms in total. The molecule has 0 aliphatic rings. The van der Waals surface area contributed by atoms with Gasteiger partial charge in [-0.15, -0.1) is 0 Å². The maximum Gasteiger partial charge on any atom is 0.296 e. The summed E-state index contributed by atoms with van der Waals surface area (Å²) < 4.78 is 30.8. The fourth-order valence-electron chi connectivity index (χ4n) is 1.35. The Balaban J connectivity index is 3.70. The number of nitrogen functional groups attached to an aromatic ring is 2. The van der Waals surface area contributed by atoms with Crippen molar-refractivity contribution in [1.29, 1.82) is 0 Å². The molecular weight excluding hydrogens is 204 g/mol. The highest BCUT2D eigenvalue weighted by atomic mass is 32.2. The monoisotopic (exact) mass is 216 g/mol. The van der Waals surface area contributed by atoms with Crippen molar-refractivity contribution in [1.82, 2.24) is 0 Å². The molecule has 0 saturated heterocycles. The summed E-state index contributed by atoms with van der Waals surface area (Å²) in [7, 11) is -4.31. The average Bonchev–Trinajstić information content (AvgIpc) is 1.97. The molecule has 1 aromatic rings. The summed E-state index contributed by atoms with van der Waals surface area (Å²) in [6, 6.07) is 1.42. The minimum Gasteiger partial charge on any atom is -0.398 e. The molecule has 0 aliphatic heterocycles. The zero-order chi connectivity index (χ0) is 11.1. The fourth-order valence-corrected chi connectivity index (χ4v) is 2.21. The Kier molecular flexibility index (Phi) is 2.43. The van der Waals surface area contributed by atoms with Crippen LogP contribution in [0.4, 0.5) is 11.4 Å². The van der Waals surface area contributed by atoms with Gasteiger partial charge < -0.3 is 11.5 Å². The molecule has 0 bridgehead atoms. The van der Waals surface area contributed by atoms with E-state index in [1.54, 1.807) is 6.92 Å². The summed E-state index contributed by atoms with van der Waals surface area (Å²) in [5.74, 6) is 0. The highest BCUT2D eigenvalue weighted by Gasteiger charge is 2.19. The van der Waals surface area contributed by atoms with Gasteiger partial charge in [0.15, 0.2) is 0 Å². The molecule has 5 N–H and O–H groups in total. The van der Waals surface area contributed by atoms with Crippen LogP contribution in [0.2, 0.25) is 0 Å². The van der Waals surface area contributed by atoms with Crippen LogP contribution < -0.4 is 11.5 Å². The molecular formula is C8H12N2O3S. The third-order valence-electron chi connectivity index (χ3n) is 2.06. The smallest absolute Gasteiger partial charge is 0.296 e. The quantitative estimate of drug-likeness (QED) is 0.473. The van der Waals surface area contributed by atoms with Crippen molar-refractivity contribution in [3.8, 4) is 0 Å². The van der Waals surface area contributed by atoms with E-state index in [4.69, 9.17) is 16.0 Å². The molecule has 78 valence electrons. The van der Waals surface area contributed by atoms with Gasteiger partial charge in [0.05, 0.1) is 5.69 Å². The third-order valence-corrected chi connectivity index (χ3v) is 3.12. The number of aryl methyl sites for hydroxylation is 1. The van der Waals surface area contributed by atoms with E-state index < -0.39 is 10.1 Å². The Morgan fingerprint density at radius 3 is 2.21 bits per heavy atom. The summed E-state index contributed by atoms with van der Waals surface area (Å²) in [5, 5.41) is 0. The van der Waals surface area contributed by atoms with Crippen molar-refractivity contribution >= 4 is 21.5 Å². The van der Waals surface area contributed by atoms with Crippen LogP contribution in [0.5, 0.6) is 0 Å². The molecule has 0 unspecified atom stereocenters. The summed E-state index contributed by atoms with van der Waals surface area (Å²) in [4.78, 5) is -0.305. The molecule has 0 saturated carbocycles. The number of rotatable bonds is 1. The zero-order valence-corrected chi connectivity index (χ0v) is 8.72. The van der Waals surface area contributed by atoms with Crippen LogP contribution in [0, 0.1) is 13.8 Å². The van der Waals surface area contributed by atoms with Gasteiger partial charge in [-0.3, -0.25) is 4.55 Å². The van der Waals surface area contributed by atoms with Crippen LogP contribution in [0.1, 0.15) is 11.1 Å². The third kappa shape index (κ3) is 1.66. The summed E-state index contributed by atoms with van der Waals surface area (Å²) >= 11 is 0. The van der Waals surface area contributed by atoms with Gasteiger partial charge in [-0.25, -0.2) is 0 Å². The molecule has 0 aromatic heterocycles. The standard InChI is InChI=1S/C8H12N2O3S/c1-4-3-6(9)8(14(11,12)13)5(2)7(4)10/h3H,9-10H2,1-2H3,(H,11,12,13). The summed E-state index contributed by atoms with van der Waals surface area (Å²) in [6.45, 7) is 3.22. The molecule has 6 heteroatoms. The lowest BCUT2D eigenvalue weighted by Gasteiger charge is -2.11. The van der Waals surface area contributed by atoms with Gasteiger partial charge in [0.25, 0.3) is 10.1 Å². The molecule has 1 rings (SSSR count). The minimum absolute atomic E-state index is 0.0108. The van der Waals surface area contributed by atoms with Crippen molar-refractivity contribution in [2.45, 2.75) is 18.7 Å². The van der Waals surface area contributed by atoms with Crippen LogP contribution >= 0.6 is 0 Å². The second kappa shape index (κ2) is 3.14. The van der Waals surface area contributed by atoms with Gasteiger partial charge in [-0.1, -0.05) is 0 Å². The lowest BCUT2D eigenvalue weighted by atomic mass is 10.1. The topological polar surface area (TPSA) is 106 Å². The van der Waals surface area contributed by atoms with Crippen LogP contribution in [-0.4, -0.2) is 13.0 Å². The molecule has 0 heterocycles. The highest BCUT2D eigenvalue weighted by Crippen LogP contribution is 2.29. The molecule has 14 heavy (non-hydrogen) atoms. The minimum atomic E-state index is -4.31. The van der Waals surface area contributed by atoms with Gasteiger partial charge in [-0.2, -0.15) is 8.42 Å². The van der Waals surface area contributed by atoms with Crippen molar-refractivity contribution in [2.75, 3.05) is 11.5 Å². The Bertz CT molecular complexity index is 480. The Morgan fingerprint density at radius 2 is 1.79 bits per heavy atom. The second-order valence-electron chi connectivity index (χ2n) is 3.13. The summed E-state index contributed by atoms with van der Waals surface area (Å²) in [5.41, 5.74) is 12.4. The van der Waals surface area contributed by atoms with Crippen molar-refractivity contribution < 1.29 is 13.0 Å². The van der Waals surface area contributed by atoms with E-state index in [2.05, 4.69) is 0 Å². The number of nitrogens with two attached hydrogens (primary N) is 2. The number of hydrogen-bond acceptors (Lipinski definition) is 4. The summed E-state index contributed by atoms with van der Waals surface area (Å²) in [6.07, 6.45) is 0. The second-order valence-corrected chi connectivity index (χ2v) is 4.48. The van der Waals surface area contributed by atoms with E-state index in [0.29, 0.717) is 11.3 Å². The van der Waals surface area contributed by atoms with Crippen molar-refractivity contribution in [3.05, 3.63) is 17.2 Å². The van der Waals surface area contributed by atoms with Crippen molar-refractivity contribution in [3.63, 3.8) is 0 Å². The van der Waals surface area contributed by atoms with E-state index in [9.17, 15) is 8.42 Å². The van der Waals surface area contributed by atoms with Gasteiger partial charge in [0.2, 0.25) is 0 Å². The average molecular weight is 216 g/mol. The van der Waals surface area contributed by atoms with Crippen molar-refractivity contribution in [2.24, 2.45) is 0 Å². The first-order chi connectivity index (χ1) is 6.25. The Morgan fingerprint density at radius 1 is 1.29 bits per heavy atom. The molecule has 1 aromatic carbocycles. The van der Waals surface area contributed by atoms with Gasteiger partial charge in [0, 0.05) is 5.69 Å². The highest BCUT2D eigenvalue weighted by molar-refractivity contribution is 7.86. The van der Waals surface area contributed by atoms with E-state index in [1.807, 2.05) is 0 Å². The maximum absolute atomic E-state index is 11.0. The number of benzene rings is 1. The molecule has 0 fully saturated rings. The molecule has 0 spiro atoms. The molecule has 0 aliphatic carbocycles. The normalized spacial score (nSPS) is 11.6.